The summed E-state index contributed by atoms with van der Waals surface area (Å²) in [6, 6.07) is 10.1. The van der Waals surface area contributed by atoms with Crippen molar-refractivity contribution in [1.82, 2.24) is 0 Å². The van der Waals surface area contributed by atoms with E-state index in [0.717, 1.165) is 10.9 Å². The van der Waals surface area contributed by atoms with Gasteiger partial charge in [0.1, 0.15) is 0 Å². The van der Waals surface area contributed by atoms with Gasteiger partial charge in [0, 0.05) is 0 Å². The van der Waals surface area contributed by atoms with Crippen molar-refractivity contribution in [2.24, 2.45) is 0 Å². The molecular weight excluding hydrogens is 267 g/mol. The number of hydrogen-bond donors (Lipinski definition) is 0. The second kappa shape index (κ2) is 7.26. The SMILES string of the molecule is CC/C=C(/[Se]c1ccccc1)C(=O)OCC. The van der Waals surface area contributed by atoms with E-state index in [1.165, 1.54) is 4.46 Å². The van der Waals surface area contributed by atoms with Crippen LogP contribution in [0.3, 0.4) is 0 Å². The van der Waals surface area contributed by atoms with E-state index in [4.69, 9.17) is 4.74 Å². The van der Waals surface area contributed by atoms with Gasteiger partial charge in [0.05, 0.1) is 0 Å². The number of carbonyl (C=O) groups is 1. The normalized spacial score (nSPS) is 11.2. The molecule has 0 saturated heterocycles. The maximum atomic E-state index is 11.7. The molecule has 0 fully saturated rings. The standard InChI is InChI=1S/C13H16O2Se/c1-3-8-12(13(14)15-4-2)16-11-9-6-5-7-10-11/h5-10H,3-4H2,1-2H3/b12-8+. The second-order valence-electron chi connectivity index (χ2n) is 3.11. The fourth-order valence-corrected chi connectivity index (χ4v) is 3.14. The maximum absolute atomic E-state index is 11.7. The zero-order valence-corrected chi connectivity index (χ0v) is 11.3. The Kier molecular flexibility index (Phi) is 5.91. The summed E-state index contributed by atoms with van der Waals surface area (Å²) >= 11 is 0.0452. The van der Waals surface area contributed by atoms with Crippen molar-refractivity contribution in [3.8, 4) is 0 Å². The third kappa shape index (κ3) is 4.21. The topological polar surface area (TPSA) is 26.3 Å². The summed E-state index contributed by atoms with van der Waals surface area (Å²) in [5.74, 6) is -0.173. The van der Waals surface area contributed by atoms with E-state index in [9.17, 15) is 4.79 Å². The van der Waals surface area contributed by atoms with Crippen molar-refractivity contribution in [3.63, 3.8) is 0 Å². The van der Waals surface area contributed by atoms with Gasteiger partial charge in [-0.15, -0.1) is 0 Å². The first kappa shape index (κ1) is 13.0. The quantitative estimate of drug-likeness (QED) is 0.468. The number of carbonyl (C=O) groups excluding carboxylic acids is 1. The first-order valence-electron chi connectivity index (χ1n) is 5.38. The monoisotopic (exact) mass is 284 g/mol. The third-order valence-electron chi connectivity index (χ3n) is 1.84. The predicted molar refractivity (Wildman–Crippen MR) is 66.8 cm³/mol. The van der Waals surface area contributed by atoms with Gasteiger partial charge in [0.2, 0.25) is 0 Å². The Balaban J connectivity index is 2.73. The Bertz CT molecular complexity index is 357. The summed E-state index contributed by atoms with van der Waals surface area (Å²) in [6.07, 6.45) is 2.83. The van der Waals surface area contributed by atoms with Crippen LogP contribution in [0, 0.1) is 0 Å². The fourth-order valence-electron chi connectivity index (χ4n) is 1.17. The molecule has 0 bridgehead atoms. The Hall–Kier alpha value is -1.05. The molecule has 0 aliphatic rings. The summed E-state index contributed by atoms with van der Waals surface area (Å²) in [5.41, 5.74) is 0. The van der Waals surface area contributed by atoms with Gasteiger partial charge in [0.15, 0.2) is 0 Å². The number of esters is 1. The first-order chi connectivity index (χ1) is 7.77. The molecule has 3 heteroatoms. The van der Waals surface area contributed by atoms with E-state index >= 15 is 0 Å². The third-order valence-corrected chi connectivity index (χ3v) is 4.06. The molecule has 0 aliphatic carbocycles. The van der Waals surface area contributed by atoms with Crippen molar-refractivity contribution >= 4 is 25.4 Å². The molecule has 2 nitrogen and oxygen atoms in total. The molecule has 0 unspecified atom stereocenters. The van der Waals surface area contributed by atoms with Gasteiger partial charge < -0.3 is 0 Å². The van der Waals surface area contributed by atoms with Gasteiger partial charge in [-0.1, -0.05) is 0 Å². The number of rotatable bonds is 5. The van der Waals surface area contributed by atoms with E-state index in [2.05, 4.69) is 0 Å². The van der Waals surface area contributed by atoms with Gasteiger partial charge in [-0.05, 0) is 0 Å². The molecule has 1 aromatic rings. The molecule has 0 amide bonds. The fraction of sp³-hybridized carbons (Fsp3) is 0.308. The Labute approximate surface area is 103 Å². The summed E-state index contributed by atoms with van der Waals surface area (Å²) in [7, 11) is 0. The molecule has 0 N–H and O–H groups in total. The summed E-state index contributed by atoms with van der Waals surface area (Å²) in [6.45, 7) is 4.29. The van der Waals surface area contributed by atoms with Crippen LogP contribution < -0.4 is 4.46 Å². The molecule has 86 valence electrons. The van der Waals surface area contributed by atoms with Gasteiger partial charge >= 0.3 is 103 Å². The zero-order chi connectivity index (χ0) is 11.8. The van der Waals surface area contributed by atoms with E-state index in [-0.39, 0.29) is 20.9 Å². The van der Waals surface area contributed by atoms with Crippen molar-refractivity contribution in [3.05, 3.63) is 40.9 Å². The van der Waals surface area contributed by atoms with Crippen LogP contribution in [0.4, 0.5) is 0 Å². The molecule has 1 rings (SSSR count). The van der Waals surface area contributed by atoms with Gasteiger partial charge in [0.25, 0.3) is 0 Å². The van der Waals surface area contributed by atoms with Crippen molar-refractivity contribution in [2.75, 3.05) is 6.61 Å². The summed E-state index contributed by atoms with van der Waals surface area (Å²) in [4.78, 5) is 11.7. The summed E-state index contributed by atoms with van der Waals surface area (Å²) in [5, 5.41) is 0. The minimum absolute atomic E-state index is 0.0452. The molecule has 0 spiro atoms. The van der Waals surface area contributed by atoms with Gasteiger partial charge in [-0.25, -0.2) is 0 Å². The number of allylic oxidation sites excluding steroid dienone is 1. The van der Waals surface area contributed by atoms with Crippen LogP contribution >= 0.6 is 0 Å². The predicted octanol–water partition coefficient (Wildman–Crippen LogP) is 1.87. The number of benzene rings is 1. The van der Waals surface area contributed by atoms with Gasteiger partial charge in [-0.2, -0.15) is 0 Å². The van der Waals surface area contributed by atoms with E-state index in [1.807, 2.05) is 50.3 Å². The molecule has 0 heterocycles. The van der Waals surface area contributed by atoms with Crippen LogP contribution in [-0.2, 0) is 9.53 Å². The van der Waals surface area contributed by atoms with Crippen molar-refractivity contribution in [1.29, 1.82) is 0 Å². The van der Waals surface area contributed by atoms with Crippen LogP contribution in [0.25, 0.3) is 0 Å². The van der Waals surface area contributed by atoms with E-state index in [0.29, 0.717) is 6.61 Å². The number of ether oxygens (including phenoxy) is 1. The second-order valence-corrected chi connectivity index (χ2v) is 5.45. The molecule has 0 radical (unpaired) electrons. The number of hydrogen-bond acceptors (Lipinski definition) is 2. The zero-order valence-electron chi connectivity index (χ0n) is 9.60. The van der Waals surface area contributed by atoms with Crippen LogP contribution in [0.15, 0.2) is 40.9 Å². The Morgan fingerprint density at radius 3 is 2.56 bits per heavy atom. The minimum atomic E-state index is -0.173. The molecule has 0 aliphatic heterocycles. The molecule has 16 heavy (non-hydrogen) atoms. The Morgan fingerprint density at radius 2 is 2.00 bits per heavy atom. The molecule has 0 aromatic heterocycles. The first-order valence-corrected chi connectivity index (χ1v) is 7.09. The van der Waals surface area contributed by atoms with Gasteiger partial charge in [-0.3, -0.25) is 0 Å². The van der Waals surface area contributed by atoms with Crippen LogP contribution in [-0.4, -0.2) is 27.5 Å². The van der Waals surface area contributed by atoms with Crippen molar-refractivity contribution in [2.45, 2.75) is 20.3 Å². The summed E-state index contributed by atoms with van der Waals surface area (Å²) < 4.78 is 7.04. The average molecular weight is 283 g/mol. The molecular formula is C13H16O2Se. The van der Waals surface area contributed by atoms with Crippen LogP contribution in [0.1, 0.15) is 20.3 Å². The molecule has 0 atom stereocenters. The van der Waals surface area contributed by atoms with Crippen molar-refractivity contribution < 1.29 is 9.53 Å². The average Bonchev–Trinajstić information content (AvgIpc) is 2.30. The molecule has 1 aromatic carbocycles. The van der Waals surface area contributed by atoms with E-state index < -0.39 is 0 Å². The van der Waals surface area contributed by atoms with E-state index in [1.54, 1.807) is 0 Å². The Morgan fingerprint density at radius 1 is 1.31 bits per heavy atom. The van der Waals surface area contributed by atoms with Crippen LogP contribution in [0.2, 0.25) is 0 Å². The molecule has 0 saturated carbocycles. The van der Waals surface area contributed by atoms with Crippen LogP contribution in [0.5, 0.6) is 0 Å².